The van der Waals surface area contributed by atoms with Gasteiger partial charge in [-0.05, 0) is 48.5 Å². The van der Waals surface area contributed by atoms with E-state index in [1.807, 2.05) is 15.9 Å². The maximum absolute atomic E-state index is 13.1. The second kappa shape index (κ2) is 8.93. The van der Waals surface area contributed by atoms with E-state index in [9.17, 15) is 18.8 Å². The van der Waals surface area contributed by atoms with Gasteiger partial charge < -0.3 is 14.6 Å². The molecule has 3 aromatic rings. The number of halogens is 2. The molecule has 1 N–H and O–H groups in total. The van der Waals surface area contributed by atoms with Crippen molar-refractivity contribution < 1.29 is 18.0 Å². The van der Waals surface area contributed by atoms with Crippen LogP contribution in [0.3, 0.4) is 0 Å². The number of carbonyl (C=O) groups is 1. The first-order chi connectivity index (χ1) is 15.0. The van der Waals surface area contributed by atoms with Crippen LogP contribution in [0.1, 0.15) is 5.69 Å². The number of hydrogen-bond acceptors (Lipinski definition) is 6. The number of amides is 1. The lowest BCUT2D eigenvalue weighted by molar-refractivity contribution is -0.117. The Labute approximate surface area is 177 Å². The van der Waals surface area contributed by atoms with Gasteiger partial charge in [-0.2, -0.15) is 10.2 Å². The Kier molecular flexibility index (Phi) is 5.91. The lowest BCUT2D eigenvalue weighted by Crippen LogP contribution is -2.48. The first-order valence-corrected chi connectivity index (χ1v) is 9.71. The first-order valence-electron chi connectivity index (χ1n) is 9.71. The van der Waals surface area contributed by atoms with E-state index in [0.717, 1.165) is 0 Å². The van der Waals surface area contributed by atoms with Crippen molar-refractivity contribution in [3.05, 3.63) is 65.9 Å². The van der Waals surface area contributed by atoms with Gasteiger partial charge in [-0.1, -0.05) is 0 Å². The smallest absolute Gasteiger partial charge is 0.238 e. The monoisotopic (exact) mass is 423 g/mol. The molecule has 0 atom stereocenters. The normalized spacial score (nSPS) is 14.3. The number of hydrogen-bond donors (Lipinski definition) is 1. The molecule has 4 rings (SSSR count). The maximum Gasteiger partial charge on any atom is 0.238 e. The highest BCUT2D eigenvalue weighted by molar-refractivity contribution is 5.92. The molecule has 1 saturated heterocycles. The summed E-state index contributed by atoms with van der Waals surface area (Å²) >= 11 is 0. The predicted molar refractivity (Wildman–Crippen MR) is 110 cm³/mol. The average Bonchev–Trinajstić information content (AvgIpc) is 3.21. The highest BCUT2D eigenvalue weighted by Gasteiger charge is 2.25. The van der Waals surface area contributed by atoms with Crippen LogP contribution in [0.2, 0.25) is 0 Å². The minimum Gasteiger partial charge on any atom is -0.419 e. The van der Waals surface area contributed by atoms with Crippen LogP contribution >= 0.6 is 0 Å². The molecule has 0 radical (unpaired) electrons. The zero-order chi connectivity index (χ0) is 21.8. The van der Waals surface area contributed by atoms with Gasteiger partial charge in [-0.3, -0.25) is 9.69 Å². The molecule has 2 aromatic carbocycles. The minimum atomic E-state index is -0.365. The van der Waals surface area contributed by atoms with Crippen LogP contribution < -0.4 is 10.2 Å². The summed E-state index contributed by atoms with van der Waals surface area (Å²) in [6.07, 6.45) is 0. The zero-order valence-electron chi connectivity index (χ0n) is 16.5. The molecule has 9 heteroatoms. The van der Waals surface area contributed by atoms with Gasteiger partial charge >= 0.3 is 0 Å². The van der Waals surface area contributed by atoms with Gasteiger partial charge in [0.2, 0.25) is 23.4 Å². The van der Waals surface area contributed by atoms with Crippen LogP contribution in [0.25, 0.3) is 11.5 Å². The van der Waals surface area contributed by atoms with Gasteiger partial charge in [0, 0.05) is 37.4 Å². The van der Waals surface area contributed by atoms with E-state index >= 15 is 0 Å². The van der Waals surface area contributed by atoms with Gasteiger partial charge in [-0.15, -0.1) is 0 Å². The largest absolute Gasteiger partial charge is 0.419 e. The number of nitriles is 1. The molecule has 0 bridgehead atoms. The number of anilines is 2. The molecule has 1 aliphatic heterocycles. The number of rotatable bonds is 5. The van der Waals surface area contributed by atoms with Gasteiger partial charge in [0.05, 0.1) is 6.54 Å². The van der Waals surface area contributed by atoms with Crippen LogP contribution in [0.5, 0.6) is 0 Å². The van der Waals surface area contributed by atoms with E-state index in [4.69, 9.17) is 4.42 Å². The van der Waals surface area contributed by atoms with Gasteiger partial charge in [0.1, 0.15) is 17.7 Å². The fourth-order valence-electron chi connectivity index (χ4n) is 3.36. The lowest BCUT2D eigenvalue weighted by atomic mass is 10.2. The van der Waals surface area contributed by atoms with Crippen LogP contribution in [0.15, 0.2) is 52.9 Å². The van der Waals surface area contributed by atoms with Crippen molar-refractivity contribution in [2.45, 2.75) is 0 Å². The average molecular weight is 423 g/mol. The van der Waals surface area contributed by atoms with Gasteiger partial charge in [0.25, 0.3) is 0 Å². The summed E-state index contributed by atoms with van der Waals surface area (Å²) in [5.41, 5.74) is 1.29. The summed E-state index contributed by atoms with van der Waals surface area (Å²) in [4.78, 5) is 20.4. The quantitative estimate of drug-likeness (QED) is 0.678. The van der Waals surface area contributed by atoms with E-state index in [1.54, 1.807) is 12.1 Å². The highest BCUT2D eigenvalue weighted by Crippen LogP contribution is 2.29. The van der Waals surface area contributed by atoms with Crippen molar-refractivity contribution in [2.24, 2.45) is 0 Å². The Hall–Kier alpha value is -3.77. The molecule has 1 amide bonds. The fraction of sp³-hybridized carbons (Fsp3) is 0.227. The van der Waals surface area contributed by atoms with Crippen LogP contribution in [0, 0.1) is 23.0 Å². The van der Waals surface area contributed by atoms with E-state index in [2.05, 4.69) is 10.3 Å². The third-order valence-corrected chi connectivity index (χ3v) is 4.96. The van der Waals surface area contributed by atoms with Gasteiger partial charge in [0.15, 0.2) is 0 Å². The van der Waals surface area contributed by atoms with Crippen molar-refractivity contribution in [3.8, 4) is 17.5 Å². The Morgan fingerprint density at radius 3 is 2.26 bits per heavy atom. The van der Waals surface area contributed by atoms with Crippen LogP contribution in [-0.2, 0) is 4.79 Å². The van der Waals surface area contributed by atoms with Crippen LogP contribution in [0.4, 0.5) is 20.4 Å². The summed E-state index contributed by atoms with van der Waals surface area (Å²) in [6, 6.07) is 13.4. The third kappa shape index (κ3) is 4.87. The number of oxazole rings is 1. The summed E-state index contributed by atoms with van der Waals surface area (Å²) in [5, 5.41) is 12.2. The molecule has 7 nitrogen and oxygen atoms in total. The molecule has 31 heavy (non-hydrogen) atoms. The number of piperazine rings is 1. The number of benzene rings is 2. The summed E-state index contributed by atoms with van der Waals surface area (Å²) < 4.78 is 31.9. The van der Waals surface area contributed by atoms with E-state index in [1.165, 1.54) is 36.4 Å². The second-order valence-electron chi connectivity index (χ2n) is 7.11. The summed E-state index contributed by atoms with van der Waals surface area (Å²) in [7, 11) is 0. The summed E-state index contributed by atoms with van der Waals surface area (Å²) in [5.74, 6) is -0.280. The molecule has 1 aliphatic rings. The Balaban J connectivity index is 1.36. The number of aromatic nitrogens is 1. The highest BCUT2D eigenvalue weighted by atomic mass is 19.1. The van der Waals surface area contributed by atoms with Crippen molar-refractivity contribution in [1.82, 2.24) is 9.88 Å². The molecule has 0 aliphatic carbocycles. The van der Waals surface area contributed by atoms with E-state index in [0.29, 0.717) is 43.3 Å². The molecule has 158 valence electrons. The summed E-state index contributed by atoms with van der Waals surface area (Å²) in [6.45, 7) is 2.49. The van der Waals surface area contributed by atoms with Crippen molar-refractivity contribution >= 4 is 17.5 Å². The molecule has 1 aromatic heterocycles. The molecule has 0 saturated carbocycles. The number of nitrogens with one attached hydrogen (secondary N) is 1. The van der Waals surface area contributed by atoms with Crippen molar-refractivity contribution in [1.29, 1.82) is 5.26 Å². The molecule has 0 spiro atoms. The Morgan fingerprint density at radius 2 is 1.65 bits per heavy atom. The van der Waals surface area contributed by atoms with Crippen LogP contribution in [-0.4, -0.2) is 48.5 Å². The lowest BCUT2D eigenvalue weighted by Gasteiger charge is -2.34. The SMILES string of the molecule is N#Cc1nc(-c2ccc(F)cc2)oc1N1CCN(CC(=O)Nc2ccc(F)cc2)CC1. The van der Waals surface area contributed by atoms with Crippen molar-refractivity contribution in [3.63, 3.8) is 0 Å². The predicted octanol–water partition coefficient (Wildman–Crippen LogP) is 3.25. The first kappa shape index (κ1) is 20.5. The van der Waals surface area contributed by atoms with E-state index in [-0.39, 0.29) is 35.7 Å². The fourth-order valence-corrected chi connectivity index (χ4v) is 3.36. The Morgan fingerprint density at radius 1 is 1.03 bits per heavy atom. The molecule has 1 fully saturated rings. The number of carbonyl (C=O) groups excluding carboxylic acids is 1. The molecular formula is C22H19F2N5O2. The minimum absolute atomic E-state index is 0.168. The number of nitrogens with zero attached hydrogens (tertiary/aromatic N) is 4. The second-order valence-corrected chi connectivity index (χ2v) is 7.11. The zero-order valence-corrected chi connectivity index (χ0v) is 16.5. The Bertz CT molecular complexity index is 1100. The standard InChI is InChI=1S/C22H19F2N5O2/c23-16-3-1-15(2-4-16)21-27-19(13-25)22(31-21)29-11-9-28(10-12-29)14-20(30)26-18-7-5-17(24)6-8-18/h1-8H,9-12,14H2,(H,26,30). The third-order valence-electron chi connectivity index (χ3n) is 4.96. The van der Waals surface area contributed by atoms with E-state index < -0.39 is 0 Å². The topological polar surface area (TPSA) is 85.4 Å². The molecule has 0 unspecified atom stereocenters. The molecule has 2 heterocycles. The molecular weight excluding hydrogens is 404 g/mol. The van der Waals surface area contributed by atoms with Crippen molar-refractivity contribution in [2.75, 3.05) is 42.9 Å². The van der Waals surface area contributed by atoms with Gasteiger partial charge in [-0.25, -0.2) is 8.78 Å². The maximum atomic E-state index is 13.1.